The molecule has 0 aromatic heterocycles. The number of Topliss-reactive ketones (excluding diaryl/α,β-unsaturated/α-hetero) is 1. The number of aliphatic hydroxyl groups excluding tert-OH is 1. The van der Waals surface area contributed by atoms with E-state index in [0.29, 0.717) is 38.7 Å². The molecule has 0 aliphatic carbocycles. The lowest BCUT2D eigenvalue weighted by molar-refractivity contribution is -0.148. The molecule has 0 saturated carbocycles. The van der Waals surface area contributed by atoms with Crippen molar-refractivity contribution in [2.24, 2.45) is 10.8 Å². The predicted molar refractivity (Wildman–Crippen MR) is 68.0 cm³/mol. The van der Waals surface area contributed by atoms with E-state index in [1.165, 1.54) is 0 Å². The molecule has 1 aliphatic rings. The van der Waals surface area contributed by atoms with Crippen molar-refractivity contribution in [1.82, 2.24) is 0 Å². The topological polar surface area (TPSA) is 63.6 Å². The molecule has 0 spiro atoms. The molecule has 1 N–H and O–H groups in total. The number of hydrogen-bond acceptors (Lipinski definition) is 4. The Morgan fingerprint density at radius 3 is 2.56 bits per heavy atom. The Hall–Kier alpha value is -0.900. The summed E-state index contributed by atoms with van der Waals surface area (Å²) in [5.41, 5.74) is -1.16. The van der Waals surface area contributed by atoms with Crippen LogP contribution in [0.5, 0.6) is 0 Å². The fraction of sp³-hybridized carbons (Fsp3) is 0.857. The number of aliphatic hydroxyl groups is 1. The van der Waals surface area contributed by atoms with Crippen LogP contribution in [0, 0.1) is 10.8 Å². The third kappa shape index (κ3) is 2.74. The highest BCUT2D eigenvalue weighted by molar-refractivity contribution is 5.86. The van der Waals surface area contributed by atoms with Crippen LogP contribution in [0.25, 0.3) is 0 Å². The highest BCUT2D eigenvalue weighted by Crippen LogP contribution is 2.45. The van der Waals surface area contributed by atoms with Gasteiger partial charge in [0, 0.05) is 18.4 Å². The molecule has 0 amide bonds. The van der Waals surface area contributed by atoms with Gasteiger partial charge < -0.3 is 9.84 Å². The summed E-state index contributed by atoms with van der Waals surface area (Å²) in [7, 11) is 0. The van der Waals surface area contributed by atoms with E-state index in [-0.39, 0.29) is 18.4 Å². The lowest BCUT2D eigenvalue weighted by Crippen LogP contribution is -2.39. The van der Waals surface area contributed by atoms with Crippen molar-refractivity contribution in [3.63, 3.8) is 0 Å². The molecule has 0 radical (unpaired) electrons. The smallest absolute Gasteiger partial charge is 0.311 e. The Labute approximate surface area is 109 Å². The molecule has 4 heteroatoms. The summed E-state index contributed by atoms with van der Waals surface area (Å²) in [5.74, 6) is -0.0675. The summed E-state index contributed by atoms with van der Waals surface area (Å²) in [6.45, 7) is 6.07. The third-order valence-corrected chi connectivity index (χ3v) is 4.29. The fourth-order valence-electron chi connectivity index (χ4n) is 2.97. The van der Waals surface area contributed by atoms with E-state index in [4.69, 9.17) is 4.74 Å². The zero-order chi connectivity index (χ0) is 13.8. The molecule has 0 bridgehead atoms. The minimum atomic E-state index is -0.582. The Kier molecular flexibility index (Phi) is 4.91. The van der Waals surface area contributed by atoms with Crippen LogP contribution in [0.3, 0.4) is 0 Å². The number of carbonyl (C=O) groups is 2. The zero-order valence-electron chi connectivity index (χ0n) is 11.6. The van der Waals surface area contributed by atoms with Crippen LogP contribution in [0.4, 0.5) is 0 Å². The van der Waals surface area contributed by atoms with Crippen molar-refractivity contribution < 1.29 is 19.4 Å². The van der Waals surface area contributed by atoms with Gasteiger partial charge in [0.05, 0.1) is 12.0 Å². The molecule has 2 atom stereocenters. The summed E-state index contributed by atoms with van der Waals surface area (Å²) in [5, 5.41) is 9.23. The zero-order valence-corrected chi connectivity index (χ0v) is 11.6. The quantitative estimate of drug-likeness (QED) is 0.708. The molecule has 4 nitrogen and oxygen atoms in total. The highest BCUT2D eigenvalue weighted by Gasteiger charge is 2.48. The highest BCUT2D eigenvalue weighted by atomic mass is 16.5. The van der Waals surface area contributed by atoms with Crippen molar-refractivity contribution in [2.45, 2.75) is 52.9 Å². The number of cyclic esters (lactones) is 1. The SMILES string of the molecule is CCC(=O)C(CC)(CCO)CC1(C)CCOC1=O. The number of esters is 1. The average Bonchev–Trinajstić information content (AvgIpc) is 2.67. The van der Waals surface area contributed by atoms with Gasteiger partial charge >= 0.3 is 5.97 Å². The number of rotatable bonds is 7. The lowest BCUT2D eigenvalue weighted by Gasteiger charge is -2.36. The molecule has 18 heavy (non-hydrogen) atoms. The van der Waals surface area contributed by atoms with Crippen LogP contribution in [-0.4, -0.2) is 30.1 Å². The summed E-state index contributed by atoms with van der Waals surface area (Å²) in [4.78, 5) is 24.0. The van der Waals surface area contributed by atoms with E-state index >= 15 is 0 Å². The second kappa shape index (κ2) is 5.83. The predicted octanol–water partition coefficient (Wildman–Crippen LogP) is 2.09. The molecule has 104 valence electrons. The van der Waals surface area contributed by atoms with E-state index < -0.39 is 10.8 Å². The second-order valence-electron chi connectivity index (χ2n) is 5.51. The lowest BCUT2D eigenvalue weighted by atomic mass is 9.65. The first-order chi connectivity index (χ1) is 8.44. The van der Waals surface area contributed by atoms with Gasteiger partial charge in [0.25, 0.3) is 0 Å². The molecular formula is C14H24O4. The number of ketones is 1. The first-order valence-electron chi connectivity index (χ1n) is 6.75. The maximum Gasteiger partial charge on any atom is 0.311 e. The normalized spacial score (nSPS) is 26.8. The molecule has 1 heterocycles. The van der Waals surface area contributed by atoms with Crippen LogP contribution in [0.1, 0.15) is 52.9 Å². The molecule has 0 aromatic carbocycles. The molecule has 1 aliphatic heterocycles. The molecule has 1 saturated heterocycles. The molecule has 1 rings (SSSR count). The number of carbonyl (C=O) groups excluding carboxylic acids is 2. The van der Waals surface area contributed by atoms with Crippen molar-refractivity contribution >= 4 is 11.8 Å². The average molecular weight is 256 g/mol. The Bertz CT molecular complexity index is 326. The summed E-state index contributed by atoms with van der Waals surface area (Å²) >= 11 is 0. The first-order valence-corrected chi connectivity index (χ1v) is 6.75. The maximum absolute atomic E-state index is 12.2. The maximum atomic E-state index is 12.2. The van der Waals surface area contributed by atoms with Gasteiger partial charge in [-0.25, -0.2) is 0 Å². The van der Waals surface area contributed by atoms with Crippen molar-refractivity contribution in [3.8, 4) is 0 Å². The Morgan fingerprint density at radius 1 is 1.50 bits per heavy atom. The number of hydrogen-bond donors (Lipinski definition) is 1. The van der Waals surface area contributed by atoms with Gasteiger partial charge in [0.1, 0.15) is 5.78 Å². The summed E-state index contributed by atoms with van der Waals surface area (Å²) in [6, 6.07) is 0. The van der Waals surface area contributed by atoms with E-state index in [0.717, 1.165) is 0 Å². The summed E-state index contributed by atoms with van der Waals surface area (Å²) in [6.07, 6.45) is 2.68. The molecule has 2 unspecified atom stereocenters. The van der Waals surface area contributed by atoms with Gasteiger partial charge in [0.15, 0.2) is 0 Å². The minimum absolute atomic E-state index is 0.0231. The standard InChI is InChI=1S/C14H24O4/c1-4-11(16)14(5-2,6-8-15)10-13(3)7-9-18-12(13)17/h15H,4-10H2,1-3H3. The van der Waals surface area contributed by atoms with Crippen LogP contribution in [0.2, 0.25) is 0 Å². The fourth-order valence-corrected chi connectivity index (χ4v) is 2.97. The third-order valence-electron chi connectivity index (χ3n) is 4.29. The van der Waals surface area contributed by atoms with Gasteiger partial charge in [-0.2, -0.15) is 0 Å². The minimum Gasteiger partial charge on any atom is -0.465 e. The number of ether oxygens (including phenoxy) is 1. The van der Waals surface area contributed by atoms with Crippen LogP contribution < -0.4 is 0 Å². The second-order valence-corrected chi connectivity index (χ2v) is 5.51. The van der Waals surface area contributed by atoms with E-state index in [2.05, 4.69) is 0 Å². The van der Waals surface area contributed by atoms with Crippen molar-refractivity contribution in [2.75, 3.05) is 13.2 Å². The van der Waals surface area contributed by atoms with Crippen molar-refractivity contribution in [3.05, 3.63) is 0 Å². The van der Waals surface area contributed by atoms with Gasteiger partial charge in [-0.05, 0) is 32.6 Å². The van der Waals surface area contributed by atoms with Crippen LogP contribution in [0.15, 0.2) is 0 Å². The van der Waals surface area contributed by atoms with Crippen LogP contribution in [-0.2, 0) is 14.3 Å². The summed E-state index contributed by atoms with van der Waals surface area (Å²) < 4.78 is 5.04. The molecular weight excluding hydrogens is 232 g/mol. The van der Waals surface area contributed by atoms with Crippen molar-refractivity contribution in [1.29, 1.82) is 0 Å². The first kappa shape index (κ1) is 15.2. The van der Waals surface area contributed by atoms with Crippen LogP contribution >= 0.6 is 0 Å². The Balaban J connectivity index is 2.97. The molecule has 1 fully saturated rings. The van der Waals surface area contributed by atoms with Gasteiger partial charge in [-0.1, -0.05) is 13.8 Å². The van der Waals surface area contributed by atoms with E-state index in [9.17, 15) is 14.7 Å². The van der Waals surface area contributed by atoms with E-state index in [1.54, 1.807) is 0 Å². The van der Waals surface area contributed by atoms with Gasteiger partial charge in [-0.3, -0.25) is 9.59 Å². The monoisotopic (exact) mass is 256 g/mol. The largest absolute Gasteiger partial charge is 0.465 e. The van der Waals surface area contributed by atoms with Gasteiger partial charge in [0.2, 0.25) is 0 Å². The van der Waals surface area contributed by atoms with Gasteiger partial charge in [-0.15, -0.1) is 0 Å². The Morgan fingerprint density at radius 2 is 2.17 bits per heavy atom. The van der Waals surface area contributed by atoms with E-state index in [1.807, 2.05) is 20.8 Å². The molecule has 0 aromatic rings.